The van der Waals surface area contributed by atoms with Crippen LogP contribution in [0.5, 0.6) is 0 Å². The number of rotatable bonds is 2. The third kappa shape index (κ3) is 2.36. The number of hydrogen-bond acceptors (Lipinski definition) is 5. The number of hydrogen-bond donors (Lipinski definition) is 2. The van der Waals surface area contributed by atoms with Gasteiger partial charge < -0.3 is 10.2 Å². The van der Waals surface area contributed by atoms with E-state index in [0.29, 0.717) is 0 Å². The van der Waals surface area contributed by atoms with Crippen molar-refractivity contribution in [2.75, 3.05) is 36.8 Å². The van der Waals surface area contributed by atoms with Gasteiger partial charge in [-0.25, -0.2) is 0 Å². The molecule has 0 spiro atoms. The Hall–Kier alpha value is -0.750. The number of aromatic amines is 1. The lowest BCUT2D eigenvalue weighted by Crippen LogP contribution is -2.28. The lowest BCUT2D eigenvalue weighted by Gasteiger charge is -2.19. The molecule has 18 heavy (non-hydrogen) atoms. The van der Waals surface area contributed by atoms with Gasteiger partial charge in [0.05, 0.1) is 4.75 Å². The molecule has 0 bridgehead atoms. The van der Waals surface area contributed by atoms with Crippen LogP contribution >= 0.6 is 11.8 Å². The number of thioether (sulfide) groups is 1. The van der Waals surface area contributed by atoms with Crippen molar-refractivity contribution in [3.05, 3.63) is 5.82 Å². The van der Waals surface area contributed by atoms with Crippen LogP contribution in [0, 0.1) is 0 Å². The molecular formula is C12H21N5S. The van der Waals surface area contributed by atoms with E-state index in [4.69, 9.17) is 4.98 Å². The Morgan fingerprint density at radius 1 is 1.28 bits per heavy atom. The minimum atomic E-state index is 0.148. The summed E-state index contributed by atoms with van der Waals surface area (Å²) in [7, 11) is 0. The smallest absolute Gasteiger partial charge is 0.244 e. The molecule has 2 aliphatic heterocycles. The summed E-state index contributed by atoms with van der Waals surface area (Å²) in [6.07, 6.45) is 3.65. The van der Waals surface area contributed by atoms with Crippen molar-refractivity contribution in [1.82, 2.24) is 20.5 Å². The van der Waals surface area contributed by atoms with Crippen LogP contribution in [0.1, 0.15) is 32.0 Å². The normalized spacial score (nSPS) is 29.5. The van der Waals surface area contributed by atoms with Crippen LogP contribution in [0.25, 0.3) is 0 Å². The van der Waals surface area contributed by atoms with Gasteiger partial charge in [0.15, 0.2) is 0 Å². The maximum absolute atomic E-state index is 4.74. The van der Waals surface area contributed by atoms with Crippen molar-refractivity contribution < 1.29 is 0 Å². The van der Waals surface area contributed by atoms with Crippen LogP contribution < -0.4 is 10.2 Å². The van der Waals surface area contributed by atoms with Crippen LogP contribution in [0.3, 0.4) is 0 Å². The fourth-order valence-electron chi connectivity index (χ4n) is 2.64. The summed E-state index contributed by atoms with van der Waals surface area (Å²) < 4.78 is 0.148. The number of anilines is 1. The van der Waals surface area contributed by atoms with Gasteiger partial charge in [0, 0.05) is 19.6 Å². The Morgan fingerprint density at radius 3 is 3.06 bits per heavy atom. The van der Waals surface area contributed by atoms with Gasteiger partial charge >= 0.3 is 0 Å². The molecule has 2 aliphatic rings. The largest absolute Gasteiger partial charge is 0.338 e. The Kier molecular flexibility index (Phi) is 3.48. The number of H-pyrrole nitrogens is 1. The van der Waals surface area contributed by atoms with Crippen molar-refractivity contribution in [3.63, 3.8) is 0 Å². The summed E-state index contributed by atoms with van der Waals surface area (Å²) in [5.74, 6) is 3.17. The van der Waals surface area contributed by atoms with Crippen LogP contribution in [0.15, 0.2) is 0 Å². The maximum Gasteiger partial charge on any atom is 0.244 e. The zero-order valence-electron chi connectivity index (χ0n) is 10.9. The number of nitrogens with one attached hydrogen (secondary N) is 2. The molecule has 0 aliphatic carbocycles. The first-order chi connectivity index (χ1) is 8.78. The molecule has 2 saturated heterocycles. The molecule has 6 heteroatoms. The van der Waals surface area contributed by atoms with E-state index in [9.17, 15) is 0 Å². The van der Waals surface area contributed by atoms with Crippen molar-refractivity contribution in [3.8, 4) is 0 Å². The van der Waals surface area contributed by atoms with Gasteiger partial charge in [-0.1, -0.05) is 0 Å². The quantitative estimate of drug-likeness (QED) is 0.847. The molecule has 1 aromatic heterocycles. The summed E-state index contributed by atoms with van der Waals surface area (Å²) in [6, 6.07) is 0. The molecule has 1 atom stereocenters. The lowest BCUT2D eigenvalue weighted by atomic mass is 10.1. The van der Waals surface area contributed by atoms with Crippen LogP contribution in [0.4, 0.5) is 5.95 Å². The van der Waals surface area contributed by atoms with E-state index in [1.807, 2.05) is 11.8 Å². The first-order valence-electron chi connectivity index (χ1n) is 6.80. The molecule has 0 aromatic carbocycles. The molecule has 2 fully saturated rings. The molecule has 1 unspecified atom stereocenters. The summed E-state index contributed by atoms with van der Waals surface area (Å²) >= 11 is 2.00. The summed E-state index contributed by atoms with van der Waals surface area (Å²) in [5, 5.41) is 11.0. The zero-order chi connectivity index (χ0) is 12.4. The van der Waals surface area contributed by atoms with E-state index in [1.54, 1.807) is 0 Å². The molecule has 3 rings (SSSR count). The van der Waals surface area contributed by atoms with Gasteiger partial charge in [0.2, 0.25) is 5.95 Å². The van der Waals surface area contributed by atoms with Gasteiger partial charge in [-0.05, 0) is 38.5 Å². The second-order valence-electron chi connectivity index (χ2n) is 5.26. The van der Waals surface area contributed by atoms with Crippen molar-refractivity contribution >= 4 is 17.7 Å². The van der Waals surface area contributed by atoms with E-state index in [2.05, 4.69) is 27.3 Å². The average molecular weight is 267 g/mol. The highest BCUT2D eigenvalue weighted by Crippen LogP contribution is 2.44. The van der Waals surface area contributed by atoms with Gasteiger partial charge in [-0.3, -0.25) is 5.10 Å². The SMILES string of the molecule is CC1(c2nc(N3CCCNCC3)n[nH]2)CCCS1. The first kappa shape index (κ1) is 12.3. The highest BCUT2D eigenvalue weighted by molar-refractivity contribution is 8.00. The summed E-state index contributed by atoms with van der Waals surface area (Å²) in [5.41, 5.74) is 0. The Balaban J connectivity index is 1.76. The van der Waals surface area contributed by atoms with Crippen molar-refractivity contribution in [1.29, 1.82) is 0 Å². The molecule has 0 saturated carbocycles. The molecule has 100 valence electrons. The minimum Gasteiger partial charge on any atom is -0.338 e. The van der Waals surface area contributed by atoms with E-state index < -0.39 is 0 Å². The highest BCUT2D eigenvalue weighted by Gasteiger charge is 2.35. The third-order valence-corrected chi connectivity index (χ3v) is 5.34. The zero-order valence-corrected chi connectivity index (χ0v) is 11.7. The highest BCUT2D eigenvalue weighted by atomic mass is 32.2. The van der Waals surface area contributed by atoms with Crippen LogP contribution in [0.2, 0.25) is 0 Å². The third-order valence-electron chi connectivity index (χ3n) is 3.82. The molecule has 2 N–H and O–H groups in total. The predicted octanol–water partition coefficient (Wildman–Crippen LogP) is 1.35. The topological polar surface area (TPSA) is 56.8 Å². The van der Waals surface area contributed by atoms with Crippen LogP contribution in [-0.4, -0.2) is 47.1 Å². The minimum absolute atomic E-state index is 0.148. The van der Waals surface area contributed by atoms with Gasteiger partial charge in [0.1, 0.15) is 5.82 Å². The van der Waals surface area contributed by atoms with E-state index in [-0.39, 0.29) is 4.75 Å². The molecule has 5 nitrogen and oxygen atoms in total. The first-order valence-corrected chi connectivity index (χ1v) is 7.79. The average Bonchev–Trinajstić information content (AvgIpc) is 2.94. The molecule has 0 amide bonds. The summed E-state index contributed by atoms with van der Waals surface area (Å²) in [6.45, 7) is 6.45. The van der Waals surface area contributed by atoms with E-state index in [1.165, 1.54) is 18.6 Å². The second kappa shape index (κ2) is 5.09. The van der Waals surface area contributed by atoms with Crippen LogP contribution in [-0.2, 0) is 4.75 Å². The lowest BCUT2D eigenvalue weighted by molar-refractivity contribution is 0.607. The fourth-order valence-corrected chi connectivity index (χ4v) is 3.90. The molecule has 3 heterocycles. The Bertz CT molecular complexity index is 391. The molecular weight excluding hydrogens is 246 g/mol. The van der Waals surface area contributed by atoms with Gasteiger partial charge in [-0.2, -0.15) is 4.98 Å². The molecule has 0 radical (unpaired) electrons. The number of aromatic nitrogens is 3. The maximum atomic E-state index is 4.74. The Labute approximate surface area is 112 Å². The molecule has 1 aromatic rings. The van der Waals surface area contributed by atoms with Gasteiger partial charge in [-0.15, -0.1) is 16.9 Å². The number of nitrogens with zero attached hydrogens (tertiary/aromatic N) is 3. The van der Waals surface area contributed by atoms with Crippen molar-refractivity contribution in [2.45, 2.75) is 30.9 Å². The fraction of sp³-hybridized carbons (Fsp3) is 0.833. The van der Waals surface area contributed by atoms with E-state index >= 15 is 0 Å². The summed E-state index contributed by atoms with van der Waals surface area (Å²) in [4.78, 5) is 7.02. The van der Waals surface area contributed by atoms with E-state index in [0.717, 1.165) is 44.4 Å². The van der Waals surface area contributed by atoms with Crippen molar-refractivity contribution in [2.24, 2.45) is 0 Å². The Morgan fingerprint density at radius 2 is 2.22 bits per heavy atom. The second-order valence-corrected chi connectivity index (χ2v) is 6.86. The van der Waals surface area contributed by atoms with Gasteiger partial charge in [0.25, 0.3) is 0 Å². The predicted molar refractivity (Wildman–Crippen MR) is 75.1 cm³/mol. The monoisotopic (exact) mass is 267 g/mol. The standard InChI is InChI=1S/C12H21N5S/c1-12(4-2-9-18-12)10-14-11(16-15-10)17-7-3-5-13-6-8-17/h13H,2-9H2,1H3,(H,14,15,16).